The Morgan fingerprint density at radius 1 is 1.33 bits per heavy atom. The van der Waals surface area contributed by atoms with Crippen LogP contribution in [0.15, 0.2) is 14.3 Å². The molecule has 102 valence electrons. The van der Waals surface area contributed by atoms with E-state index < -0.39 is 0 Å². The van der Waals surface area contributed by atoms with Crippen LogP contribution in [0.4, 0.5) is 0 Å². The van der Waals surface area contributed by atoms with Crippen molar-refractivity contribution in [3.05, 3.63) is 19.2 Å². The molecule has 1 aromatic heterocycles. The number of nitrogens with one attached hydrogen (secondary N) is 1. The number of halogens is 2. The van der Waals surface area contributed by atoms with Crippen LogP contribution in [0.5, 0.6) is 0 Å². The zero-order chi connectivity index (χ0) is 13.0. The van der Waals surface area contributed by atoms with Gasteiger partial charge in [-0.05, 0) is 70.8 Å². The summed E-state index contributed by atoms with van der Waals surface area (Å²) in [6.45, 7) is 6.98. The van der Waals surface area contributed by atoms with E-state index in [1.807, 2.05) is 0 Å². The average molecular weight is 396 g/mol. The molecular formula is C13H20Br2N2S. The highest BCUT2D eigenvalue weighted by Crippen LogP contribution is 2.32. The number of piperidine rings is 1. The maximum atomic E-state index is 3.61. The topological polar surface area (TPSA) is 15.3 Å². The number of nitrogens with zero attached hydrogens (tertiary/aromatic N) is 1. The Labute approximate surface area is 130 Å². The number of thiophene rings is 1. The van der Waals surface area contributed by atoms with E-state index in [-0.39, 0.29) is 0 Å². The molecule has 0 aliphatic carbocycles. The molecule has 0 spiro atoms. The van der Waals surface area contributed by atoms with Crippen molar-refractivity contribution in [2.45, 2.75) is 38.8 Å². The summed E-state index contributed by atoms with van der Waals surface area (Å²) in [5, 5.41) is 3.61. The second-order valence-corrected chi connectivity index (χ2v) is 8.29. The van der Waals surface area contributed by atoms with Gasteiger partial charge in [0.25, 0.3) is 0 Å². The van der Waals surface area contributed by atoms with Crippen LogP contribution in [-0.4, -0.2) is 30.6 Å². The number of hydrogen-bond acceptors (Lipinski definition) is 3. The predicted octanol–water partition coefficient (Wildman–Crippen LogP) is 4.24. The van der Waals surface area contributed by atoms with E-state index in [9.17, 15) is 0 Å². The minimum atomic E-state index is 0.558. The van der Waals surface area contributed by atoms with Gasteiger partial charge in [0.05, 0.1) is 3.79 Å². The van der Waals surface area contributed by atoms with Gasteiger partial charge in [0.1, 0.15) is 0 Å². The molecule has 2 nitrogen and oxygen atoms in total. The molecule has 18 heavy (non-hydrogen) atoms. The first-order valence-corrected chi connectivity index (χ1v) is 8.95. The van der Waals surface area contributed by atoms with E-state index in [0.717, 1.165) is 11.0 Å². The first-order chi connectivity index (χ1) is 8.65. The van der Waals surface area contributed by atoms with E-state index in [4.69, 9.17) is 0 Å². The summed E-state index contributed by atoms with van der Waals surface area (Å²) in [6, 6.07) is 2.75. The first kappa shape index (κ1) is 15.0. The number of rotatable bonds is 5. The second kappa shape index (κ2) is 7.39. The molecule has 0 radical (unpaired) electrons. The monoisotopic (exact) mass is 394 g/mol. The molecule has 0 aromatic carbocycles. The third kappa shape index (κ3) is 4.60. The maximum Gasteiger partial charge on any atom is 0.0843 e. The van der Waals surface area contributed by atoms with Crippen LogP contribution < -0.4 is 5.32 Å². The average Bonchev–Trinajstić information content (AvgIpc) is 2.68. The largest absolute Gasteiger partial charge is 0.308 e. The Balaban J connectivity index is 1.72. The fourth-order valence-electron chi connectivity index (χ4n) is 2.35. The minimum absolute atomic E-state index is 0.558. The van der Waals surface area contributed by atoms with Crippen LogP contribution in [0.25, 0.3) is 0 Å². The Kier molecular flexibility index (Phi) is 6.15. The highest BCUT2D eigenvalue weighted by atomic mass is 79.9. The van der Waals surface area contributed by atoms with Crippen LogP contribution in [0.3, 0.4) is 0 Å². The lowest BCUT2D eigenvalue weighted by Gasteiger charge is -2.29. The van der Waals surface area contributed by atoms with Crippen molar-refractivity contribution in [3.8, 4) is 0 Å². The van der Waals surface area contributed by atoms with Crippen LogP contribution in [0, 0.1) is 0 Å². The van der Waals surface area contributed by atoms with Crippen molar-refractivity contribution in [1.82, 2.24) is 10.2 Å². The Bertz CT molecular complexity index is 356. The van der Waals surface area contributed by atoms with Gasteiger partial charge in [-0.15, -0.1) is 11.3 Å². The first-order valence-electron chi connectivity index (χ1n) is 6.54. The summed E-state index contributed by atoms with van der Waals surface area (Å²) in [5.41, 5.74) is 0. The lowest BCUT2D eigenvalue weighted by atomic mass is 10.1. The van der Waals surface area contributed by atoms with Gasteiger partial charge in [-0.1, -0.05) is 6.42 Å². The van der Waals surface area contributed by atoms with Gasteiger partial charge in [-0.3, -0.25) is 0 Å². The Hall–Kier alpha value is 0.580. The lowest BCUT2D eigenvalue weighted by molar-refractivity contribution is 0.209. The summed E-state index contributed by atoms with van der Waals surface area (Å²) in [6.07, 6.45) is 4.16. The van der Waals surface area contributed by atoms with E-state index in [2.05, 4.69) is 55.1 Å². The molecule has 1 atom stereocenters. The highest BCUT2D eigenvalue weighted by Gasteiger charge is 2.13. The van der Waals surface area contributed by atoms with Crippen LogP contribution in [-0.2, 0) is 6.54 Å². The SMILES string of the molecule is CC(CN1CCCCC1)NCc1cc(Br)c(Br)s1. The zero-order valence-corrected chi connectivity index (χ0v) is 14.7. The van der Waals surface area contributed by atoms with Crippen LogP contribution >= 0.6 is 43.2 Å². The molecule has 1 aliphatic rings. The highest BCUT2D eigenvalue weighted by molar-refractivity contribution is 9.13. The molecule has 1 fully saturated rings. The maximum absolute atomic E-state index is 3.61. The smallest absolute Gasteiger partial charge is 0.0843 e. The minimum Gasteiger partial charge on any atom is -0.308 e. The predicted molar refractivity (Wildman–Crippen MR) is 86.3 cm³/mol. The van der Waals surface area contributed by atoms with Crippen molar-refractivity contribution in [3.63, 3.8) is 0 Å². The van der Waals surface area contributed by atoms with Crippen LogP contribution in [0.2, 0.25) is 0 Å². The molecule has 2 heterocycles. The number of likely N-dealkylation sites (tertiary alicyclic amines) is 1. The van der Waals surface area contributed by atoms with Gasteiger partial charge >= 0.3 is 0 Å². The third-order valence-corrected chi connectivity index (χ3v) is 6.56. The molecule has 0 bridgehead atoms. The molecule has 5 heteroatoms. The van der Waals surface area contributed by atoms with Gasteiger partial charge in [-0.2, -0.15) is 0 Å². The quantitative estimate of drug-likeness (QED) is 0.801. The summed E-state index contributed by atoms with van der Waals surface area (Å²) >= 11 is 8.86. The summed E-state index contributed by atoms with van der Waals surface area (Å²) in [4.78, 5) is 3.96. The van der Waals surface area contributed by atoms with E-state index in [1.54, 1.807) is 11.3 Å². The third-order valence-electron chi connectivity index (χ3n) is 3.30. The number of hydrogen-bond donors (Lipinski definition) is 1. The van der Waals surface area contributed by atoms with E-state index in [0.29, 0.717) is 6.04 Å². The molecule has 2 rings (SSSR count). The summed E-state index contributed by atoms with van der Waals surface area (Å²) in [7, 11) is 0. The van der Waals surface area contributed by atoms with Crippen molar-refractivity contribution in [1.29, 1.82) is 0 Å². The summed E-state index contributed by atoms with van der Waals surface area (Å²) < 4.78 is 2.34. The van der Waals surface area contributed by atoms with Gasteiger partial charge < -0.3 is 10.2 Å². The van der Waals surface area contributed by atoms with Gasteiger partial charge in [0.2, 0.25) is 0 Å². The lowest BCUT2D eigenvalue weighted by Crippen LogP contribution is -2.41. The molecule has 0 amide bonds. The molecular weight excluding hydrogens is 376 g/mol. The Morgan fingerprint density at radius 2 is 2.06 bits per heavy atom. The summed E-state index contributed by atoms with van der Waals surface area (Å²) in [5.74, 6) is 0. The van der Waals surface area contributed by atoms with Gasteiger partial charge in [0, 0.05) is 28.5 Å². The molecule has 1 aromatic rings. The molecule has 1 saturated heterocycles. The van der Waals surface area contributed by atoms with Crippen molar-refractivity contribution < 1.29 is 0 Å². The van der Waals surface area contributed by atoms with Crippen molar-refractivity contribution in [2.75, 3.05) is 19.6 Å². The fourth-order valence-corrected chi connectivity index (χ4v) is 4.47. The van der Waals surface area contributed by atoms with Crippen molar-refractivity contribution >= 4 is 43.2 Å². The zero-order valence-electron chi connectivity index (χ0n) is 10.7. The van der Waals surface area contributed by atoms with E-state index >= 15 is 0 Å². The standard InChI is InChI=1S/C13H20Br2N2S/c1-10(9-17-5-3-2-4-6-17)16-8-11-7-12(14)13(15)18-11/h7,10,16H,2-6,8-9H2,1H3. The van der Waals surface area contributed by atoms with Gasteiger partial charge in [0.15, 0.2) is 0 Å². The molecule has 1 aliphatic heterocycles. The fraction of sp³-hybridized carbons (Fsp3) is 0.692. The molecule has 1 unspecified atom stereocenters. The molecule has 1 N–H and O–H groups in total. The Morgan fingerprint density at radius 3 is 2.67 bits per heavy atom. The normalized spacial score (nSPS) is 19.1. The van der Waals surface area contributed by atoms with Crippen molar-refractivity contribution in [2.24, 2.45) is 0 Å². The van der Waals surface area contributed by atoms with Crippen LogP contribution in [0.1, 0.15) is 31.1 Å². The second-order valence-electron chi connectivity index (χ2n) is 4.98. The van der Waals surface area contributed by atoms with Gasteiger partial charge in [-0.25, -0.2) is 0 Å². The van der Waals surface area contributed by atoms with E-state index in [1.165, 1.54) is 47.6 Å². The molecule has 0 saturated carbocycles.